The summed E-state index contributed by atoms with van der Waals surface area (Å²) in [7, 11) is 3.03. The predicted molar refractivity (Wildman–Crippen MR) is 129 cm³/mol. The van der Waals surface area contributed by atoms with Crippen LogP contribution in [0, 0.1) is 0 Å². The van der Waals surface area contributed by atoms with Crippen LogP contribution in [0.2, 0.25) is 10.0 Å². The number of esters is 2. The molecule has 1 atom stereocenters. The van der Waals surface area contributed by atoms with Crippen molar-refractivity contribution in [1.82, 2.24) is 0 Å². The SMILES string of the molecule is COc1ccc(COC(=O)C(Nc2c(Cl)cccc2Cl)OC(=O)Cc2ccccc2)c(OC)c1. The molecule has 1 N–H and O–H groups in total. The Balaban J connectivity index is 1.76. The molecule has 3 aromatic rings. The number of hydrogen-bond acceptors (Lipinski definition) is 7. The number of carbonyl (C=O) groups is 2. The lowest BCUT2D eigenvalue weighted by Gasteiger charge is -2.21. The molecule has 1 unspecified atom stereocenters. The number of benzene rings is 3. The number of halogens is 2. The lowest BCUT2D eigenvalue weighted by Crippen LogP contribution is -2.36. The number of ether oxygens (including phenoxy) is 4. The van der Waals surface area contributed by atoms with E-state index in [1.165, 1.54) is 14.2 Å². The summed E-state index contributed by atoms with van der Waals surface area (Å²) in [5, 5.41) is 3.28. The van der Waals surface area contributed by atoms with Crippen molar-refractivity contribution >= 4 is 40.8 Å². The Bertz CT molecular complexity index is 1120. The minimum atomic E-state index is -1.49. The summed E-state index contributed by atoms with van der Waals surface area (Å²) in [6, 6.07) is 18.9. The van der Waals surface area contributed by atoms with Crippen molar-refractivity contribution in [1.29, 1.82) is 0 Å². The third-order valence-electron chi connectivity index (χ3n) is 4.76. The molecule has 0 saturated heterocycles. The van der Waals surface area contributed by atoms with Gasteiger partial charge in [-0.3, -0.25) is 4.79 Å². The fourth-order valence-electron chi connectivity index (χ4n) is 3.03. The van der Waals surface area contributed by atoms with Crippen molar-refractivity contribution in [2.45, 2.75) is 19.3 Å². The standard InChI is InChI=1S/C25H23Cl2NO6/c1-31-18-12-11-17(21(14-18)32-2)15-33-25(30)24(28-23-19(26)9-6-10-20(23)27)34-22(29)13-16-7-4-3-5-8-16/h3-12,14,24,28H,13,15H2,1-2H3. The number of hydrogen-bond donors (Lipinski definition) is 1. The molecule has 0 spiro atoms. The summed E-state index contributed by atoms with van der Waals surface area (Å²) < 4.78 is 21.4. The quantitative estimate of drug-likeness (QED) is 0.297. The van der Waals surface area contributed by atoms with Gasteiger partial charge < -0.3 is 24.3 Å². The fraction of sp³-hybridized carbons (Fsp3) is 0.200. The molecule has 0 aliphatic rings. The van der Waals surface area contributed by atoms with Gasteiger partial charge in [-0.15, -0.1) is 0 Å². The summed E-state index contributed by atoms with van der Waals surface area (Å²) >= 11 is 12.4. The van der Waals surface area contributed by atoms with E-state index in [2.05, 4.69) is 5.32 Å². The van der Waals surface area contributed by atoms with Gasteiger partial charge >= 0.3 is 11.9 Å². The summed E-state index contributed by atoms with van der Waals surface area (Å²) in [6.07, 6.45) is -1.52. The van der Waals surface area contributed by atoms with Crippen LogP contribution in [0.4, 0.5) is 5.69 Å². The Kier molecular flexibility index (Phi) is 9.01. The monoisotopic (exact) mass is 503 g/mol. The summed E-state index contributed by atoms with van der Waals surface area (Å²) in [5.41, 5.74) is 1.57. The zero-order valence-electron chi connectivity index (χ0n) is 18.5. The molecule has 9 heteroatoms. The largest absolute Gasteiger partial charge is 0.497 e. The van der Waals surface area contributed by atoms with E-state index in [-0.39, 0.29) is 28.8 Å². The maximum atomic E-state index is 12.9. The third kappa shape index (κ3) is 6.79. The highest BCUT2D eigenvalue weighted by atomic mass is 35.5. The fourth-order valence-corrected chi connectivity index (χ4v) is 3.54. The van der Waals surface area contributed by atoms with Crippen LogP contribution >= 0.6 is 23.2 Å². The van der Waals surface area contributed by atoms with Gasteiger partial charge in [0.15, 0.2) is 0 Å². The molecule has 7 nitrogen and oxygen atoms in total. The Labute approximate surface area is 207 Å². The second kappa shape index (κ2) is 12.2. The lowest BCUT2D eigenvalue weighted by molar-refractivity contribution is -0.166. The Morgan fingerprint density at radius 1 is 0.912 bits per heavy atom. The van der Waals surface area contributed by atoms with E-state index in [0.29, 0.717) is 17.1 Å². The molecule has 3 rings (SSSR count). The second-order valence-electron chi connectivity index (χ2n) is 7.06. The van der Waals surface area contributed by atoms with Gasteiger partial charge in [-0.05, 0) is 29.8 Å². The smallest absolute Gasteiger partial charge is 0.369 e. The Hall–Kier alpha value is -3.42. The molecular formula is C25H23Cl2NO6. The molecule has 0 aromatic heterocycles. The molecular weight excluding hydrogens is 481 g/mol. The molecule has 0 bridgehead atoms. The van der Waals surface area contributed by atoms with Crippen LogP contribution in [-0.2, 0) is 32.1 Å². The van der Waals surface area contributed by atoms with E-state index in [4.69, 9.17) is 42.1 Å². The topological polar surface area (TPSA) is 83.1 Å². The summed E-state index contributed by atoms with van der Waals surface area (Å²) in [4.78, 5) is 25.5. The zero-order chi connectivity index (χ0) is 24.5. The minimum absolute atomic E-state index is 0.0329. The van der Waals surface area contributed by atoms with E-state index < -0.39 is 18.2 Å². The van der Waals surface area contributed by atoms with Crippen LogP contribution in [0.5, 0.6) is 11.5 Å². The van der Waals surface area contributed by atoms with E-state index >= 15 is 0 Å². The highest BCUT2D eigenvalue weighted by Gasteiger charge is 2.27. The number of nitrogens with one attached hydrogen (secondary N) is 1. The van der Waals surface area contributed by atoms with Crippen molar-refractivity contribution in [2.24, 2.45) is 0 Å². The highest BCUT2D eigenvalue weighted by Crippen LogP contribution is 2.31. The van der Waals surface area contributed by atoms with E-state index in [1.54, 1.807) is 60.7 Å². The maximum Gasteiger partial charge on any atom is 0.369 e. The molecule has 0 radical (unpaired) electrons. The molecule has 34 heavy (non-hydrogen) atoms. The predicted octanol–water partition coefficient (Wildman–Crippen LogP) is 5.28. The molecule has 0 aliphatic heterocycles. The molecule has 0 aliphatic carbocycles. The maximum absolute atomic E-state index is 12.9. The summed E-state index contributed by atoms with van der Waals surface area (Å²) in [5.74, 6) is -0.400. The van der Waals surface area contributed by atoms with Gasteiger partial charge in [0.1, 0.15) is 18.1 Å². The van der Waals surface area contributed by atoms with Crippen LogP contribution < -0.4 is 14.8 Å². The first kappa shape index (κ1) is 25.2. The minimum Gasteiger partial charge on any atom is -0.497 e. The van der Waals surface area contributed by atoms with Crippen molar-refractivity contribution in [3.05, 3.63) is 87.9 Å². The van der Waals surface area contributed by atoms with Gasteiger partial charge in [-0.1, -0.05) is 59.6 Å². The number of anilines is 1. The van der Waals surface area contributed by atoms with E-state index in [1.807, 2.05) is 6.07 Å². The number of methoxy groups -OCH3 is 2. The van der Waals surface area contributed by atoms with Crippen LogP contribution in [0.15, 0.2) is 66.7 Å². The van der Waals surface area contributed by atoms with Gasteiger partial charge in [-0.25, -0.2) is 4.79 Å². The van der Waals surface area contributed by atoms with E-state index in [0.717, 1.165) is 5.56 Å². The van der Waals surface area contributed by atoms with Crippen LogP contribution in [0.1, 0.15) is 11.1 Å². The van der Waals surface area contributed by atoms with Gasteiger partial charge in [-0.2, -0.15) is 0 Å². The first-order valence-corrected chi connectivity index (χ1v) is 11.0. The first-order chi connectivity index (χ1) is 16.4. The molecule has 0 saturated carbocycles. The number of para-hydroxylation sites is 1. The van der Waals surface area contributed by atoms with Gasteiger partial charge in [0.05, 0.1) is 36.4 Å². The highest BCUT2D eigenvalue weighted by molar-refractivity contribution is 6.39. The third-order valence-corrected chi connectivity index (χ3v) is 5.39. The Morgan fingerprint density at radius 2 is 1.62 bits per heavy atom. The summed E-state index contributed by atoms with van der Waals surface area (Å²) in [6.45, 7) is -0.128. The van der Waals surface area contributed by atoms with Crippen molar-refractivity contribution in [2.75, 3.05) is 19.5 Å². The number of rotatable bonds is 10. The molecule has 178 valence electrons. The van der Waals surface area contributed by atoms with Gasteiger partial charge in [0.2, 0.25) is 0 Å². The average molecular weight is 504 g/mol. The van der Waals surface area contributed by atoms with Crippen LogP contribution in [0.25, 0.3) is 0 Å². The lowest BCUT2D eigenvalue weighted by atomic mass is 10.2. The zero-order valence-corrected chi connectivity index (χ0v) is 20.1. The van der Waals surface area contributed by atoms with Crippen LogP contribution in [-0.4, -0.2) is 32.4 Å². The average Bonchev–Trinajstić information content (AvgIpc) is 2.84. The normalized spacial score (nSPS) is 11.3. The number of carbonyl (C=O) groups excluding carboxylic acids is 2. The van der Waals surface area contributed by atoms with Crippen molar-refractivity contribution in [3.63, 3.8) is 0 Å². The first-order valence-electron chi connectivity index (χ1n) is 10.2. The molecule has 3 aromatic carbocycles. The van der Waals surface area contributed by atoms with Crippen molar-refractivity contribution in [3.8, 4) is 11.5 Å². The Morgan fingerprint density at radius 3 is 2.26 bits per heavy atom. The van der Waals surface area contributed by atoms with Gasteiger partial charge in [0, 0.05) is 11.6 Å². The second-order valence-corrected chi connectivity index (χ2v) is 7.87. The molecule has 0 amide bonds. The van der Waals surface area contributed by atoms with Gasteiger partial charge in [0.25, 0.3) is 6.23 Å². The molecule has 0 fully saturated rings. The molecule has 0 heterocycles. The van der Waals surface area contributed by atoms with E-state index in [9.17, 15) is 9.59 Å². The van der Waals surface area contributed by atoms with Crippen LogP contribution in [0.3, 0.4) is 0 Å². The van der Waals surface area contributed by atoms with Crippen molar-refractivity contribution < 1.29 is 28.5 Å².